The van der Waals surface area contributed by atoms with Gasteiger partial charge in [0.15, 0.2) is 0 Å². The number of carboxylic acid groups (broad SMARTS) is 1. The van der Waals surface area contributed by atoms with Gasteiger partial charge in [0.05, 0.1) is 12.5 Å². The smallest absolute Gasteiger partial charge is 0.303 e. The van der Waals surface area contributed by atoms with Crippen LogP contribution in [0.4, 0.5) is 0 Å². The molecule has 0 bridgehead atoms. The van der Waals surface area contributed by atoms with Crippen molar-refractivity contribution in [2.24, 2.45) is 0 Å². The molecule has 0 aromatic rings. The molecule has 1 N–H and O–H groups in total. The molecule has 0 fully saturated rings. The first-order chi connectivity index (χ1) is 7.22. The average Bonchev–Trinajstić information content (AvgIpc) is 2.18. The van der Waals surface area contributed by atoms with Gasteiger partial charge in [0.2, 0.25) is 0 Å². The van der Waals surface area contributed by atoms with E-state index in [2.05, 4.69) is 6.07 Å². The molecule has 0 atom stereocenters. The number of allylic oxidation sites excluding steroid dienone is 2. The van der Waals surface area contributed by atoms with Crippen molar-refractivity contribution in [2.45, 2.75) is 19.3 Å². The molecule has 1 aliphatic heterocycles. The van der Waals surface area contributed by atoms with Gasteiger partial charge in [-0.25, -0.2) is 0 Å². The third kappa shape index (κ3) is 4.32. The zero-order chi connectivity index (χ0) is 11.1. The van der Waals surface area contributed by atoms with Crippen LogP contribution in [-0.4, -0.2) is 29.1 Å². The van der Waals surface area contributed by atoms with E-state index in [1.807, 2.05) is 23.3 Å². The van der Waals surface area contributed by atoms with Gasteiger partial charge < -0.3 is 10.0 Å². The number of rotatable bonds is 5. The first-order valence-corrected chi connectivity index (χ1v) is 4.91. The summed E-state index contributed by atoms with van der Waals surface area (Å²) in [5.41, 5.74) is 1.08. The Morgan fingerprint density at radius 1 is 1.67 bits per heavy atom. The lowest BCUT2D eigenvalue weighted by Crippen LogP contribution is -2.23. The molecule has 0 aromatic carbocycles. The van der Waals surface area contributed by atoms with Crippen molar-refractivity contribution >= 4 is 5.97 Å². The van der Waals surface area contributed by atoms with Gasteiger partial charge in [-0.15, -0.1) is 0 Å². The van der Waals surface area contributed by atoms with E-state index in [0.29, 0.717) is 12.8 Å². The zero-order valence-corrected chi connectivity index (χ0v) is 8.52. The van der Waals surface area contributed by atoms with Crippen LogP contribution in [0.1, 0.15) is 19.3 Å². The molecule has 0 amide bonds. The number of carbonyl (C=O) groups is 1. The van der Waals surface area contributed by atoms with E-state index in [-0.39, 0.29) is 6.42 Å². The van der Waals surface area contributed by atoms with Gasteiger partial charge in [0.25, 0.3) is 0 Å². The van der Waals surface area contributed by atoms with Gasteiger partial charge in [0, 0.05) is 19.5 Å². The second-order valence-corrected chi connectivity index (χ2v) is 3.47. The van der Waals surface area contributed by atoms with Gasteiger partial charge in [-0.05, 0) is 24.3 Å². The fourth-order valence-electron chi connectivity index (χ4n) is 1.47. The fraction of sp³-hybridized carbons (Fsp3) is 0.455. The predicted octanol–water partition coefficient (Wildman–Crippen LogP) is 1.52. The van der Waals surface area contributed by atoms with E-state index in [9.17, 15) is 4.79 Å². The van der Waals surface area contributed by atoms with E-state index < -0.39 is 5.97 Å². The first kappa shape index (κ1) is 11.3. The Morgan fingerprint density at radius 2 is 2.47 bits per heavy atom. The minimum absolute atomic E-state index is 0.196. The van der Waals surface area contributed by atoms with E-state index in [1.54, 1.807) is 0 Å². The number of nitriles is 1. The Kier molecular flexibility index (Phi) is 4.42. The molecule has 4 nitrogen and oxygen atoms in total. The van der Waals surface area contributed by atoms with Crippen molar-refractivity contribution in [2.75, 3.05) is 13.1 Å². The molecule has 0 saturated carbocycles. The molecule has 0 aliphatic carbocycles. The van der Waals surface area contributed by atoms with Crippen LogP contribution in [0.15, 0.2) is 23.9 Å². The molecular weight excluding hydrogens is 192 g/mol. The van der Waals surface area contributed by atoms with Gasteiger partial charge in [-0.1, -0.05) is 6.08 Å². The normalized spacial score (nSPS) is 14.6. The molecular formula is C11H14N2O2. The van der Waals surface area contributed by atoms with Crippen molar-refractivity contribution in [1.29, 1.82) is 5.26 Å². The van der Waals surface area contributed by atoms with E-state index in [4.69, 9.17) is 10.4 Å². The third-order valence-corrected chi connectivity index (χ3v) is 2.18. The highest BCUT2D eigenvalue weighted by molar-refractivity contribution is 5.66. The van der Waals surface area contributed by atoms with E-state index in [1.165, 1.54) is 0 Å². The number of hydrogen-bond acceptors (Lipinski definition) is 3. The topological polar surface area (TPSA) is 64.3 Å². The highest BCUT2D eigenvalue weighted by atomic mass is 16.4. The van der Waals surface area contributed by atoms with Gasteiger partial charge in [-0.3, -0.25) is 4.79 Å². The monoisotopic (exact) mass is 206 g/mol. The summed E-state index contributed by atoms with van der Waals surface area (Å²) in [4.78, 5) is 12.4. The Balaban J connectivity index is 2.29. The second-order valence-electron chi connectivity index (χ2n) is 3.47. The van der Waals surface area contributed by atoms with Crippen molar-refractivity contribution in [3.8, 4) is 6.07 Å². The molecule has 1 aliphatic rings. The Bertz CT molecular complexity index is 326. The minimum Gasteiger partial charge on any atom is -0.481 e. The lowest BCUT2D eigenvalue weighted by molar-refractivity contribution is -0.137. The quantitative estimate of drug-likeness (QED) is 0.740. The molecule has 1 heterocycles. The summed E-state index contributed by atoms with van der Waals surface area (Å²) in [7, 11) is 0. The molecule has 4 heteroatoms. The summed E-state index contributed by atoms with van der Waals surface area (Å²) in [6.07, 6.45) is 7.05. The first-order valence-electron chi connectivity index (χ1n) is 4.91. The highest BCUT2D eigenvalue weighted by Gasteiger charge is 2.07. The van der Waals surface area contributed by atoms with Crippen LogP contribution in [0.3, 0.4) is 0 Å². The number of hydrogen-bond donors (Lipinski definition) is 1. The van der Waals surface area contributed by atoms with Crippen LogP contribution in [0.2, 0.25) is 0 Å². The van der Waals surface area contributed by atoms with Crippen molar-refractivity contribution in [3.05, 3.63) is 23.9 Å². The van der Waals surface area contributed by atoms with Crippen molar-refractivity contribution < 1.29 is 9.90 Å². The average molecular weight is 206 g/mol. The van der Waals surface area contributed by atoms with E-state index >= 15 is 0 Å². The zero-order valence-electron chi connectivity index (χ0n) is 8.52. The van der Waals surface area contributed by atoms with Gasteiger partial charge in [0.1, 0.15) is 0 Å². The van der Waals surface area contributed by atoms with Crippen LogP contribution in [0.25, 0.3) is 0 Å². The summed E-state index contributed by atoms with van der Waals surface area (Å²) in [6, 6.07) is 2.11. The SMILES string of the molecule is N#CCC1=CC=CN(CCCC(=O)O)C1. The summed E-state index contributed by atoms with van der Waals surface area (Å²) in [5, 5.41) is 17.0. The van der Waals surface area contributed by atoms with Crippen LogP contribution in [0.5, 0.6) is 0 Å². The summed E-state index contributed by atoms with van der Waals surface area (Å²) in [5.74, 6) is -0.760. The van der Waals surface area contributed by atoms with Crippen LogP contribution in [0, 0.1) is 11.3 Å². The fourth-order valence-corrected chi connectivity index (χ4v) is 1.47. The molecule has 0 saturated heterocycles. The number of aliphatic carboxylic acids is 1. The highest BCUT2D eigenvalue weighted by Crippen LogP contribution is 2.11. The summed E-state index contributed by atoms with van der Waals surface area (Å²) < 4.78 is 0. The van der Waals surface area contributed by atoms with Crippen LogP contribution < -0.4 is 0 Å². The molecule has 1 rings (SSSR count). The Hall–Kier alpha value is -1.76. The lowest BCUT2D eigenvalue weighted by Gasteiger charge is -2.23. The van der Waals surface area contributed by atoms with Crippen LogP contribution in [-0.2, 0) is 4.79 Å². The largest absolute Gasteiger partial charge is 0.481 e. The Labute approximate surface area is 89.1 Å². The molecule has 0 spiro atoms. The summed E-state index contributed by atoms with van der Waals surface area (Å²) in [6.45, 7) is 1.47. The third-order valence-electron chi connectivity index (χ3n) is 2.18. The maximum absolute atomic E-state index is 10.3. The van der Waals surface area contributed by atoms with Crippen molar-refractivity contribution in [1.82, 2.24) is 4.90 Å². The maximum atomic E-state index is 10.3. The summed E-state index contributed by atoms with van der Waals surface area (Å²) >= 11 is 0. The van der Waals surface area contributed by atoms with Gasteiger partial charge in [-0.2, -0.15) is 5.26 Å². The van der Waals surface area contributed by atoms with Gasteiger partial charge >= 0.3 is 5.97 Å². The molecule has 80 valence electrons. The maximum Gasteiger partial charge on any atom is 0.303 e. The lowest BCUT2D eigenvalue weighted by atomic mass is 10.1. The van der Waals surface area contributed by atoms with Crippen molar-refractivity contribution in [3.63, 3.8) is 0 Å². The molecule has 15 heavy (non-hydrogen) atoms. The second kappa shape index (κ2) is 5.86. The Morgan fingerprint density at radius 3 is 3.13 bits per heavy atom. The molecule has 0 radical (unpaired) electrons. The standard InChI is InChI=1S/C11H14N2O2/c12-6-5-10-3-1-7-13(9-10)8-2-4-11(14)15/h1,3,7H,2,4-5,8-9H2,(H,14,15). The molecule has 0 unspecified atom stereocenters. The minimum atomic E-state index is -0.760. The number of nitrogens with zero attached hydrogens (tertiary/aromatic N) is 2. The van der Waals surface area contributed by atoms with E-state index in [0.717, 1.165) is 18.7 Å². The molecule has 0 aromatic heterocycles. The van der Waals surface area contributed by atoms with Crippen LogP contribution >= 0.6 is 0 Å². The number of carboxylic acids is 1. The predicted molar refractivity (Wildman–Crippen MR) is 55.9 cm³/mol.